The third kappa shape index (κ3) is 3.89. The van der Waals surface area contributed by atoms with Crippen molar-refractivity contribution in [1.29, 1.82) is 0 Å². The Kier molecular flexibility index (Phi) is 5.36. The first-order valence-electron chi connectivity index (χ1n) is 12.1. The Bertz CT molecular complexity index is 1340. The second-order valence-corrected chi connectivity index (χ2v) is 9.66. The number of benzene rings is 1. The summed E-state index contributed by atoms with van der Waals surface area (Å²) in [5.41, 5.74) is 3.79. The van der Waals surface area contributed by atoms with Gasteiger partial charge in [-0.25, -0.2) is 9.37 Å². The van der Waals surface area contributed by atoms with Crippen LogP contribution in [0.15, 0.2) is 42.7 Å². The number of pyridine rings is 1. The number of carbonyl (C=O) groups excluding carboxylic acids is 3. The summed E-state index contributed by atoms with van der Waals surface area (Å²) in [5, 5.41) is 2.30. The number of nitrogens with one attached hydrogen (secondary N) is 1. The van der Waals surface area contributed by atoms with Crippen LogP contribution in [0.5, 0.6) is 0 Å². The Morgan fingerprint density at radius 3 is 2.71 bits per heavy atom. The summed E-state index contributed by atoms with van der Waals surface area (Å²) in [7, 11) is 0. The van der Waals surface area contributed by atoms with E-state index >= 15 is 4.39 Å². The van der Waals surface area contributed by atoms with E-state index in [0.717, 1.165) is 49.4 Å². The van der Waals surface area contributed by atoms with E-state index in [4.69, 9.17) is 0 Å². The van der Waals surface area contributed by atoms with Gasteiger partial charge in [-0.05, 0) is 67.6 Å². The molecule has 2 fully saturated rings. The Morgan fingerprint density at radius 2 is 1.91 bits per heavy atom. The van der Waals surface area contributed by atoms with Gasteiger partial charge in [0.2, 0.25) is 11.8 Å². The molecule has 3 aliphatic rings. The van der Waals surface area contributed by atoms with Crippen molar-refractivity contribution in [2.24, 2.45) is 0 Å². The average molecular weight is 476 g/mol. The molecule has 0 spiro atoms. The van der Waals surface area contributed by atoms with Crippen molar-refractivity contribution in [3.8, 4) is 0 Å². The van der Waals surface area contributed by atoms with Crippen LogP contribution in [0.4, 0.5) is 4.39 Å². The zero-order valence-corrected chi connectivity index (χ0v) is 19.2. The van der Waals surface area contributed by atoms with E-state index in [2.05, 4.69) is 19.6 Å². The van der Waals surface area contributed by atoms with Crippen LogP contribution in [0.3, 0.4) is 0 Å². The van der Waals surface area contributed by atoms with Gasteiger partial charge in [0.25, 0.3) is 5.91 Å². The van der Waals surface area contributed by atoms with Gasteiger partial charge in [0, 0.05) is 31.3 Å². The molecule has 5 heterocycles. The van der Waals surface area contributed by atoms with E-state index in [1.807, 2.05) is 36.7 Å². The monoisotopic (exact) mass is 475 g/mol. The molecular weight excluding hydrogens is 449 g/mol. The van der Waals surface area contributed by atoms with E-state index < -0.39 is 11.9 Å². The molecule has 3 aliphatic heterocycles. The normalized spacial score (nSPS) is 21.6. The summed E-state index contributed by atoms with van der Waals surface area (Å²) in [4.78, 5) is 45.0. The lowest BCUT2D eigenvalue weighted by Crippen LogP contribution is -2.52. The van der Waals surface area contributed by atoms with E-state index in [-0.39, 0.29) is 36.5 Å². The third-order valence-electron chi connectivity index (χ3n) is 7.55. The summed E-state index contributed by atoms with van der Waals surface area (Å²) in [6.07, 6.45) is 6.08. The summed E-state index contributed by atoms with van der Waals surface area (Å²) in [6, 6.07) is 8.41. The minimum Gasteiger partial charge on any atom is -0.322 e. The van der Waals surface area contributed by atoms with E-state index in [1.165, 1.54) is 11.0 Å². The zero-order chi connectivity index (χ0) is 24.1. The van der Waals surface area contributed by atoms with Crippen LogP contribution < -0.4 is 5.32 Å². The molecular formula is C26H26FN5O3. The molecule has 8 nitrogen and oxygen atoms in total. The molecule has 6 rings (SSSR count). The van der Waals surface area contributed by atoms with Crippen LogP contribution >= 0.6 is 0 Å². The second kappa shape index (κ2) is 8.57. The average Bonchev–Trinajstić information content (AvgIpc) is 3.40. The minimum absolute atomic E-state index is 0.0819. The molecule has 3 amide bonds. The maximum atomic E-state index is 15.2. The predicted octanol–water partition coefficient (Wildman–Crippen LogP) is 2.61. The number of imide groups is 1. The summed E-state index contributed by atoms with van der Waals surface area (Å²) in [5.74, 6) is -1.40. The largest absolute Gasteiger partial charge is 0.322 e. The number of nitrogens with zero attached hydrogens (tertiary/aromatic N) is 4. The van der Waals surface area contributed by atoms with Crippen LogP contribution in [0, 0.1) is 5.82 Å². The maximum Gasteiger partial charge on any atom is 0.255 e. The zero-order valence-electron chi connectivity index (χ0n) is 19.2. The molecule has 0 aliphatic carbocycles. The SMILES string of the molecule is O=C1CCC(N2Cc3cc(C4CCN(Cc5cnc6ccccn56)CC4)c(F)cc3C2=O)C(=O)N1. The Labute approximate surface area is 201 Å². The summed E-state index contributed by atoms with van der Waals surface area (Å²) < 4.78 is 17.3. The topological polar surface area (TPSA) is 87.0 Å². The maximum absolute atomic E-state index is 15.2. The molecule has 1 aromatic carbocycles. The molecule has 0 bridgehead atoms. The highest BCUT2D eigenvalue weighted by Gasteiger charge is 2.40. The van der Waals surface area contributed by atoms with Crippen LogP contribution in [0.25, 0.3) is 5.65 Å². The quantitative estimate of drug-likeness (QED) is 0.587. The molecule has 0 radical (unpaired) electrons. The Hall–Kier alpha value is -3.59. The first-order chi connectivity index (χ1) is 17.0. The van der Waals surface area contributed by atoms with Gasteiger partial charge in [0.15, 0.2) is 0 Å². The number of likely N-dealkylation sites (tertiary alicyclic amines) is 1. The molecule has 2 aromatic heterocycles. The molecule has 9 heteroatoms. The molecule has 1 unspecified atom stereocenters. The molecule has 2 saturated heterocycles. The molecule has 0 saturated carbocycles. The number of carbonyl (C=O) groups is 3. The Balaban J connectivity index is 1.14. The van der Waals surface area contributed by atoms with Gasteiger partial charge in [0.05, 0.1) is 11.9 Å². The predicted molar refractivity (Wildman–Crippen MR) is 125 cm³/mol. The van der Waals surface area contributed by atoms with E-state index in [0.29, 0.717) is 17.5 Å². The molecule has 180 valence electrons. The highest BCUT2D eigenvalue weighted by molar-refractivity contribution is 6.05. The lowest BCUT2D eigenvalue weighted by atomic mass is 9.87. The number of halogens is 1. The molecule has 1 atom stereocenters. The molecule has 35 heavy (non-hydrogen) atoms. The fourth-order valence-electron chi connectivity index (χ4n) is 5.65. The fourth-order valence-corrected chi connectivity index (χ4v) is 5.65. The summed E-state index contributed by atoms with van der Waals surface area (Å²) in [6.45, 7) is 2.76. The van der Waals surface area contributed by atoms with Gasteiger partial charge >= 0.3 is 0 Å². The number of rotatable bonds is 4. The molecule has 3 aromatic rings. The number of hydrogen-bond donors (Lipinski definition) is 1. The first-order valence-corrected chi connectivity index (χ1v) is 12.1. The Morgan fingerprint density at radius 1 is 1.09 bits per heavy atom. The van der Waals surface area contributed by atoms with E-state index in [1.54, 1.807) is 0 Å². The van der Waals surface area contributed by atoms with E-state index in [9.17, 15) is 14.4 Å². The van der Waals surface area contributed by atoms with Crippen LogP contribution in [-0.4, -0.2) is 56.0 Å². The van der Waals surface area contributed by atoms with Crippen molar-refractivity contribution in [2.45, 2.75) is 50.7 Å². The van der Waals surface area contributed by atoms with Gasteiger partial charge in [-0.1, -0.05) is 12.1 Å². The van der Waals surface area contributed by atoms with Crippen molar-refractivity contribution < 1.29 is 18.8 Å². The van der Waals surface area contributed by atoms with Gasteiger partial charge in [-0.15, -0.1) is 0 Å². The number of aromatic nitrogens is 2. The fraction of sp³-hybridized carbons (Fsp3) is 0.385. The van der Waals surface area contributed by atoms with Gasteiger partial charge in [-0.2, -0.15) is 0 Å². The standard InChI is InChI=1S/C26H26FN5O3/c27-21-12-20-17(14-32(26(20)35)22-4-5-24(33)29-25(22)34)11-19(21)16-6-9-30(10-7-16)15-18-13-28-23-3-1-2-8-31(18)23/h1-3,8,11-13,16,22H,4-7,9-10,14-15H2,(H,29,33,34). The van der Waals surface area contributed by atoms with Crippen molar-refractivity contribution in [3.05, 3.63) is 70.9 Å². The minimum atomic E-state index is -0.693. The van der Waals surface area contributed by atoms with Gasteiger partial charge in [0.1, 0.15) is 17.5 Å². The van der Waals surface area contributed by atoms with Crippen LogP contribution in [0.2, 0.25) is 0 Å². The lowest BCUT2D eigenvalue weighted by molar-refractivity contribution is -0.136. The lowest BCUT2D eigenvalue weighted by Gasteiger charge is -2.32. The van der Waals surface area contributed by atoms with Gasteiger partial charge < -0.3 is 9.30 Å². The number of piperidine rings is 2. The third-order valence-corrected chi connectivity index (χ3v) is 7.55. The number of amides is 3. The second-order valence-electron chi connectivity index (χ2n) is 9.66. The first kappa shape index (κ1) is 21.9. The van der Waals surface area contributed by atoms with Crippen molar-refractivity contribution in [1.82, 2.24) is 24.5 Å². The van der Waals surface area contributed by atoms with Gasteiger partial charge in [-0.3, -0.25) is 24.6 Å². The number of fused-ring (bicyclic) bond motifs is 2. The van der Waals surface area contributed by atoms with Crippen LogP contribution in [0.1, 0.15) is 58.8 Å². The molecule has 1 N–H and O–H groups in total. The van der Waals surface area contributed by atoms with Crippen LogP contribution in [-0.2, 0) is 22.7 Å². The van der Waals surface area contributed by atoms with Crippen molar-refractivity contribution in [2.75, 3.05) is 13.1 Å². The number of hydrogen-bond acceptors (Lipinski definition) is 5. The van der Waals surface area contributed by atoms with Crippen molar-refractivity contribution in [3.63, 3.8) is 0 Å². The smallest absolute Gasteiger partial charge is 0.255 e. The highest BCUT2D eigenvalue weighted by atomic mass is 19.1. The van der Waals surface area contributed by atoms with Crippen molar-refractivity contribution >= 4 is 23.4 Å². The number of imidazole rings is 1. The summed E-state index contributed by atoms with van der Waals surface area (Å²) >= 11 is 0. The highest BCUT2D eigenvalue weighted by Crippen LogP contribution is 2.35.